The molecule has 5 aliphatic rings. The minimum absolute atomic E-state index is 0.00157. The Bertz CT molecular complexity index is 1420. The fourth-order valence-electron chi connectivity index (χ4n) is 11.8. The molecule has 0 saturated heterocycles. The number of para-hydroxylation sites is 1. The van der Waals surface area contributed by atoms with E-state index in [0.29, 0.717) is 12.0 Å². The first-order valence-electron chi connectivity index (χ1n) is 17.0. The van der Waals surface area contributed by atoms with Crippen LogP contribution in [0.4, 0.5) is 5.69 Å². The number of ether oxygens (including phenoxy) is 1. The third kappa shape index (κ3) is 4.37. The average molecular weight is 624 g/mol. The van der Waals surface area contributed by atoms with Gasteiger partial charge in [0, 0.05) is 11.5 Å². The first-order chi connectivity index (χ1) is 20.9. The standard InChI is InChI=1S/C37H53NO7/c1-32(2)16-18-37(31(42)45-21-22-10-8-9-11-25(22)38(43)44)19-17-34(5)23(24(37)20-32)12-13-27-35(34,6)15-14-26-33(3,4)29(40)28(39)30(41)36(26,27)7/h8-12,24,26-30,39-41H,13-21H2,1-7H3/t24-,26-,27-,28+,29-,30-,34+,35+,36-,37-/m0/s1. The summed E-state index contributed by atoms with van der Waals surface area (Å²) in [7, 11) is 0. The Morgan fingerprint density at radius 1 is 0.933 bits per heavy atom. The van der Waals surface area contributed by atoms with Crippen molar-refractivity contribution in [3.63, 3.8) is 0 Å². The van der Waals surface area contributed by atoms with Gasteiger partial charge in [-0.25, -0.2) is 0 Å². The minimum Gasteiger partial charge on any atom is -0.460 e. The van der Waals surface area contributed by atoms with Crippen LogP contribution in [0, 0.1) is 60.4 Å². The Hall–Kier alpha value is -2.29. The molecule has 0 unspecified atom stereocenters. The molecule has 45 heavy (non-hydrogen) atoms. The molecule has 0 heterocycles. The van der Waals surface area contributed by atoms with Gasteiger partial charge in [-0.2, -0.15) is 0 Å². The van der Waals surface area contributed by atoms with E-state index < -0.39 is 39.5 Å². The summed E-state index contributed by atoms with van der Waals surface area (Å²) in [6.07, 6.45) is 5.75. The summed E-state index contributed by atoms with van der Waals surface area (Å²) >= 11 is 0. The van der Waals surface area contributed by atoms with Gasteiger partial charge in [0.05, 0.1) is 28.1 Å². The Kier molecular flexibility index (Phi) is 7.51. The molecule has 4 saturated carbocycles. The molecule has 5 aliphatic carbocycles. The SMILES string of the molecule is CC1(C)CC[C@]2(C(=O)OCc3ccccc3[N+](=O)[O-])CC[C@]3(C)C(=CC[C@@H]4[C@@]5(C)[C@@H](O)[C@H](O)[C@H](O)C(C)(C)[C@@H]5CC[C@]43C)[C@@H]2C1. The van der Waals surface area contributed by atoms with E-state index in [0.717, 1.165) is 44.9 Å². The molecule has 0 aromatic heterocycles. The molecule has 0 radical (unpaired) electrons. The zero-order valence-electron chi connectivity index (χ0n) is 28.1. The Morgan fingerprint density at radius 3 is 2.29 bits per heavy atom. The number of nitro benzene ring substituents is 1. The molecule has 0 aliphatic heterocycles. The number of esters is 1. The van der Waals surface area contributed by atoms with Gasteiger partial charge in [-0.05, 0) is 96.8 Å². The molecule has 8 nitrogen and oxygen atoms in total. The predicted octanol–water partition coefficient (Wildman–Crippen LogP) is 6.74. The van der Waals surface area contributed by atoms with Gasteiger partial charge in [-0.15, -0.1) is 0 Å². The number of aliphatic hydroxyl groups excluding tert-OH is 3. The average Bonchev–Trinajstić information content (AvgIpc) is 2.98. The van der Waals surface area contributed by atoms with E-state index in [9.17, 15) is 30.2 Å². The highest BCUT2D eigenvalue weighted by Gasteiger charge is 2.72. The number of carbonyl (C=O) groups excluding carboxylic acids is 1. The molecule has 0 amide bonds. The van der Waals surface area contributed by atoms with Gasteiger partial charge in [0.25, 0.3) is 5.69 Å². The highest BCUT2D eigenvalue weighted by Crippen LogP contribution is 2.75. The molecule has 1 aromatic rings. The smallest absolute Gasteiger partial charge is 0.313 e. The van der Waals surface area contributed by atoms with Crippen LogP contribution in [0.25, 0.3) is 0 Å². The molecule has 10 atom stereocenters. The van der Waals surface area contributed by atoms with E-state index in [1.807, 2.05) is 13.8 Å². The first kappa shape index (κ1) is 32.6. The summed E-state index contributed by atoms with van der Waals surface area (Å²) < 4.78 is 6.02. The number of hydrogen-bond acceptors (Lipinski definition) is 7. The fourth-order valence-corrected chi connectivity index (χ4v) is 11.8. The van der Waals surface area contributed by atoms with Gasteiger partial charge < -0.3 is 20.1 Å². The molecule has 4 fully saturated rings. The summed E-state index contributed by atoms with van der Waals surface area (Å²) in [5.74, 6) is -0.0812. The number of rotatable bonds is 4. The van der Waals surface area contributed by atoms with Crippen LogP contribution in [0.5, 0.6) is 0 Å². The lowest BCUT2D eigenvalue weighted by molar-refractivity contribution is -0.385. The molecule has 3 N–H and O–H groups in total. The molecule has 1 aromatic carbocycles. The van der Waals surface area contributed by atoms with Crippen LogP contribution in [-0.4, -0.2) is 44.5 Å². The van der Waals surface area contributed by atoms with E-state index >= 15 is 0 Å². The number of allylic oxidation sites excluding steroid dienone is 2. The Morgan fingerprint density at radius 2 is 1.60 bits per heavy atom. The maximum atomic E-state index is 14.3. The van der Waals surface area contributed by atoms with Gasteiger partial charge in [-0.1, -0.05) is 72.2 Å². The van der Waals surface area contributed by atoms with Gasteiger partial charge in [0.1, 0.15) is 12.7 Å². The molecule has 6 rings (SSSR count). The fraction of sp³-hybridized carbons (Fsp3) is 0.757. The normalized spacial score (nSPS) is 44.7. The van der Waals surface area contributed by atoms with Gasteiger partial charge in [0.15, 0.2) is 0 Å². The number of nitro groups is 1. The summed E-state index contributed by atoms with van der Waals surface area (Å²) in [4.78, 5) is 25.5. The van der Waals surface area contributed by atoms with Crippen LogP contribution >= 0.6 is 0 Å². The summed E-state index contributed by atoms with van der Waals surface area (Å²) in [6, 6.07) is 6.45. The first-order valence-corrected chi connectivity index (χ1v) is 17.0. The maximum Gasteiger partial charge on any atom is 0.313 e. The second kappa shape index (κ2) is 10.4. The maximum absolute atomic E-state index is 14.3. The van der Waals surface area contributed by atoms with Crippen molar-refractivity contribution in [3.8, 4) is 0 Å². The predicted molar refractivity (Wildman–Crippen MR) is 171 cm³/mol. The van der Waals surface area contributed by atoms with E-state index in [2.05, 4.69) is 40.7 Å². The zero-order chi connectivity index (χ0) is 33.0. The summed E-state index contributed by atoms with van der Waals surface area (Å²) in [6.45, 7) is 15.5. The highest BCUT2D eigenvalue weighted by atomic mass is 16.6. The Labute approximate surface area is 267 Å². The number of nitrogens with zero attached hydrogens (tertiary/aromatic N) is 1. The second-order valence-corrected chi connectivity index (χ2v) is 17.4. The highest BCUT2D eigenvalue weighted by molar-refractivity contribution is 5.79. The van der Waals surface area contributed by atoms with Crippen molar-refractivity contribution < 1.29 is 29.8 Å². The van der Waals surface area contributed by atoms with Gasteiger partial charge >= 0.3 is 5.97 Å². The van der Waals surface area contributed by atoms with Crippen LogP contribution in [0.15, 0.2) is 35.9 Å². The number of carbonyl (C=O) groups is 1. The third-order valence-corrected chi connectivity index (χ3v) is 14.7. The van der Waals surface area contributed by atoms with Crippen molar-refractivity contribution in [2.24, 2.45) is 50.2 Å². The number of fused-ring (bicyclic) bond motifs is 7. The van der Waals surface area contributed by atoms with Crippen molar-refractivity contribution >= 4 is 11.7 Å². The molecular formula is C37H53NO7. The van der Waals surface area contributed by atoms with Crippen molar-refractivity contribution in [2.45, 2.75) is 125 Å². The van der Waals surface area contributed by atoms with Crippen LogP contribution in [0.1, 0.15) is 105 Å². The van der Waals surface area contributed by atoms with E-state index in [1.54, 1.807) is 18.2 Å². The molecule has 0 bridgehead atoms. The van der Waals surface area contributed by atoms with Crippen LogP contribution in [0.3, 0.4) is 0 Å². The van der Waals surface area contributed by atoms with Crippen molar-refractivity contribution in [3.05, 3.63) is 51.6 Å². The molecule has 248 valence electrons. The zero-order valence-corrected chi connectivity index (χ0v) is 28.1. The minimum atomic E-state index is -1.20. The van der Waals surface area contributed by atoms with Crippen molar-refractivity contribution in [2.75, 3.05) is 0 Å². The van der Waals surface area contributed by atoms with Crippen LogP contribution < -0.4 is 0 Å². The topological polar surface area (TPSA) is 130 Å². The lowest BCUT2D eigenvalue weighted by Gasteiger charge is -2.72. The van der Waals surface area contributed by atoms with Crippen LogP contribution in [-0.2, 0) is 16.1 Å². The van der Waals surface area contributed by atoms with Crippen LogP contribution in [0.2, 0.25) is 0 Å². The number of aliphatic hydroxyl groups is 3. The van der Waals surface area contributed by atoms with Crippen molar-refractivity contribution in [1.82, 2.24) is 0 Å². The van der Waals surface area contributed by atoms with E-state index in [4.69, 9.17) is 4.74 Å². The summed E-state index contributed by atoms with van der Waals surface area (Å²) in [5.41, 5.74) is -0.425. The van der Waals surface area contributed by atoms with Crippen molar-refractivity contribution in [1.29, 1.82) is 0 Å². The molecule has 8 heteroatoms. The van der Waals surface area contributed by atoms with E-state index in [1.165, 1.54) is 11.6 Å². The van der Waals surface area contributed by atoms with E-state index in [-0.39, 0.29) is 52.3 Å². The number of benzene rings is 1. The second-order valence-electron chi connectivity index (χ2n) is 17.4. The molecule has 0 spiro atoms. The molecular weight excluding hydrogens is 570 g/mol. The van der Waals surface area contributed by atoms with Gasteiger partial charge in [-0.3, -0.25) is 14.9 Å². The lowest BCUT2D eigenvalue weighted by Crippen LogP contribution is -2.72. The Balaban J connectivity index is 1.38. The quantitative estimate of drug-likeness (QED) is 0.147. The lowest BCUT2D eigenvalue weighted by atomic mass is 9.33. The third-order valence-electron chi connectivity index (χ3n) is 14.7. The monoisotopic (exact) mass is 623 g/mol. The number of hydrogen-bond donors (Lipinski definition) is 3. The summed E-state index contributed by atoms with van der Waals surface area (Å²) in [5, 5.41) is 45.5. The largest absolute Gasteiger partial charge is 0.460 e. The van der Waals surface area contributed by atoms with Gasteiger partial charge in [0.2, 0.25) is 0 Å².